The molecule has 1 amide bonds. The molecule has 8 nitrogen and oxygen atoms in total. The van der Waals surface area contributed by atoms with Crippen LogP contribution in [-0.2, 0) is 24.3 Å². The third-order valence-corrected chi connectivity index (χ3v) is 6.30. The Morgan fingerprint density at radius 1 is 1.27 bits per heavy atom. The highest BCUT2D eigenvalue weighted by Gasteiger charge is 2.44. The standard InChI is InChI=1S/C17H24N2O6S/c1-11-5-6-14(7-12(11)2)26(23,24)19-9-13(20)8-15(19)17(22)25-10-16(21)18(3)4/h5-7,13,15,20H,8-10H2,1-4H3/t13-,15-/m0/s1. The van der Waals surface area contributed by atoms with E-state index in [2.05, 4.69) is 0 Å². The number of amides is 1. The SMILES string of the molecule is Cc1ccc(S(=O)(=O)N2C[C@@H](O)C[C@H]2C(=O)OCC(=O)N(C)C)cc1C. The number of rotatable bonds is 5. The highest BCUT2D eigenvalue weighted by molar-refractivity contribution is 7.89. The van der Waals surface area contributed by atoms with Crippen LogP contribution >= 0.6 is 0 Å². The van der Waals surface area contributed by atoms with Crippen molar-refractivity contribution in [1.29, 1.82) is 0 Å². The topological polar surface area (TPSA) is 104 Å². The fourth-order valence-electron chi connectivity index (χ4n) is 2.63. The molecular formula is C17H24N2O6S. The highest BCUT2D eigenvalue weighted by atomic mass is 32.2. The Morgan fingerprint density at radius 3 is 2.50 bits per heavy atom. The fourth-order valence-corrected chi connectivity index (χ4v) is 4.34. The molecule has 9 heteroatoms. The van der Waals surface area contributed by atoms with Crippen molar-refractivity contribution < 1.29 is 27.9 Å². The first kappa shape index (κ1) is 20.3. The molecule has 2 atom stereocenters. The van der Waals surface area contributed by atoms with Gasteiger partial charge < -0.3 is 14.7 Å². The van der Waals surface area contributed by atoms with Gasteiger partial charge in [0.15, 0.2) is 6.61 Å². The average molecular weight is 384 g/mol. The first-order chi connectivity index (χ1) is 12.0. The first-order valence-electron chi connectivity index (χ1n) is 8.18. The highest BCUT2D eigenvalue weighted by Crippen LogP contribution is 2.28. The van der Waals surface area contributed by atoms with Crippen LogP contribution in [0, 0.1) is 13.8 Å². The van der Waals surface area contributed by atoms with E-state index in [1.807, 2.05) is 6.92 Å². The summed E-state index contributed by atoms with van der Waals surface area (Å²) in [4.78, 5) is 25.2. The van der Waals surface area contributed by atoms with Gasteiger partial charge in [-0.15, -0.1) is 0 Å². The van der Waals surface area contributed by atoms with Gasteiger partial charge in [0.05, 0.1) is 11.0 Å². The molecule has 2 rings (SSSR count). The second kappa shape index (κ2) is 7.73. The molecule has 0 aliphatic carbocycles. The summed E-state index contributed by atoms with van der Waals surface area (Å²) in [6, 6.07) is 3.54. The maximum absolute atomic E-state index is 12.9. The minimum Gasteiger partial charge on any atom is -0.454 e. The van der Waals surface area contributed by atoms with Crippen molar-refractivity contribution >= 4 is 21.9 Å². The van der Waals surface area contributed by atoms with Crippen LogP contribution in [0.4, 0.5) is 0 Å². The van der Waals surface area contributed by atoms with Crippen LogP contribution < -0.4 is 0 Å². The van der Waals surface area contributed by atoms with Crippen LogP contribution in [0.5, 0.6) is 0 Å². The second-order valence-corrected chi connectivity index (χ2v) is 8.51. The van der Waals surface area contributed by atoms with Gasteiger partial charge in [-0.2, -0.15) is 4.31 Å². The van der Waals surface area contributed by atoms with Gasteiger partial charge in [-0.3, -0.25) is 9.59 Å². The largest absolute Gasteiger partial charge is 0.454 e. The van der Waals surface area contributed by atoms with E-state index in [9.17, 15) is 23.1 Å². The van der Waals surface area contributed by atoms with Crippen LogP contribution in [0.1, 0.15) is 17.5 Å². The number of benzene rings is 1. The number of hydrogen-bond donors (Lipinski definition) is 1. The van der Waals surface area contributed by atoms with E-state index >= 15 is 0 Å². The fraction of sp³-hybridized carbons (Fsp3) is 0.529. The van der Waals surface area contributed by atoms with Crippen molar-refractivity contribution in [2.24, 2.45) is 0 Å². The van der Waals surface area contributed by atoms with Crippen molar-refractivity contribution in [2.75, 3.05) is 27.2 Å². The zero-order valence-electron chi connectivity index (χ0n) is 15.3. The number of nitrogens with zero attached hydrogens (tertiary/aromatic N) is 2. The first-order valence-corrected chi connectivity index (χ1v) is 9.62. The summed E-state index contributed by atoms with van der Waals surface area (Å²) >= 11 is 0. The monoisotopic (exact) mass is 384 g/mol. The third kappa shape index (κ3) is 4.22. The number of esters is 1. The Labute approximate surface area is 153 Å². The Balaban J connectivity index is 2.23. The molecule has 26 heavy (non-hydrogen) atoms. The maximum atomic E-state index is 12.9. The van der Waals surface area contributed by atoms with Gasteiger partial charge in [-0.25, -0.2) is 8.42 Å². The van der Waals surface area contributed by atoms with E-state index < -0.39 is 40.7 Å². The number of aliphatic hydroxyl groups is 1. The summed E-state index contributed by atoms with van der Waals surface area (Å²) < 4.78 is 31.8. The summed E-state index contributed by atoms with van der Waals surface area (Å²) in [6.45, 7) is 2.99. The molecule has 1 aromatic rings. The number of β-amino-alcohol motifs (C(OH)–C–C–N with tert-alkyl or cyclic N) is 1. The minimum absolute atomic E-state index is 0.0527. The Hall–Kier alpha value is -1.97. The molecular weight excluding hydrogens is 360 g/mol. The lowest BCUT2D eigenvalue weighted by Crippen LogP contribution is -2.42. The number of sulfonamides is 1. The molecule has 1 fully saturated rings. The van der Waals surface area contributed by atoms with Gasteiger partial charge in [0, 0.05) is 27.1 Å². The van der Waals surface area contributed by atoms with Gasteiger partial charge >= 0.3 is 5.97 Å². The summed E-state index contributed by atoms with van der Waals surface area (Å²) in [7, 11) is -0.943. The van der Waals surface area contributed by atoms with Gasteiger partial charge in [-0.1, -0.05) is 6.07 Å². The van der Waals surface area contributed by atoms with Gasteiger partial charge in [0.25, 0.3) is 5.91 Å². The molecule has 0 spiro atoms. The van der Waals surface area contributed by atoms with E-state index in [0.29, 0.717) is 0 Å². The smallest absolute Gasteiger partial charge is 0.325 e. The molecule has 1 aliphatic rings. The van der Waals surface area contributed by atoms with Crippen LogP contribution in [0.3, 0.4) is 0 Å². The molecule has 144 valence electrons. The number of carbonyl (C=O) groups is 2. The lowest BCUT2D eigenvalue weighted by molar-refractivity contribution is -0.153. The molecule has 0 saturated carbocycles. The van der Waals surface area contributed by atoms with Gasteiger partial charge in [0.1, 0.15) is 6.04 Å². The molecule has 0 unspecified atom stereocenters. The second-order valence-electron chi connectivity index (χ2n) is 6.62. The Morgan fingerprint density at radius 2 is 1.92 bits per heavy atom. The summed E-state index contributed by atoms with van der Waals surface area (Å²) in [5.41, 5.74) is 1.75. The molecule has 1 heterocycles. The summed E-state index contributed by atoms with van der Waals surface area (Å²) in [5.74, 6) is -1.26. The molecule has 0 aromatic heterocycles. The number of ether oxygens (including phenoxy) is 1. The lowest BCUT2D eigenvalue weighted by Gasteiger charge is -2.23. The number of hydrogen-bond acceptors (Lipinski definition) is 6. The van der Waals surface area contributed by atoms with E-state index in [1.54, 1.807) is 13.0 Å². The van der Waals surface area contributed by atoms with Crippen molar-refractivity contribution in [1.82, 2.24) is 9.21 Å². The number of aliphatic hydroxyl groups excluding tert-OH is 1. The van der Waals surface area contributed by atoms with Crippen molar-refractivity contribution in [3.63, 3.8) is 0 Å². The van der Waals surface area contributed by atoms with Crippen molar-refractivity contribution in [2.45, 2.75) is 37.3 Å². The minimum atomic E-state index is -3.98. The van der Waals surface area contributed by atoms with Gasteiger partial charge in [0.2, 0.25) is 10.0 Å². The van der Waals surface area contributed by atoms with Crippen molar-refractivity contribution in [3.05, 3.63) is 29.3 Å². The van der Waals surface area contributed by atoms with Crippen LogP contribution in [-0.4, -0.2) is 74.0 Å². The molecule has 1 N–H and O–H groups in total. The van der Waals surface area contributed by atoms with Crippen molar-refractivity contribution in [3.8, 4) is 0 Å². The van der Waals surface area contributed by atoms with E-state index in [0.717, 1.165) is 15.4 Å². The zero-order chi connectivity index (χ0) is 19.6. The zero-order valence-corrected chi connectivity index (χ0v) is 16.1. The predicted octanol–water partition coefficient (Wildman–Crippen LogP) is 0.0587. The molecule has 1 aliphatic heterocycles. The van der Waals surface area contributed by atoms with E-state index in [1.165, 1.54) is 31.1 Å². The average Bonchev–Trinajstić information content (AvgIpc) is 2.97. The molecule has 1 aromatic carbocycles. The number of carbonyl (C=O) groups excluding carboxylic acids is 2. The van der Waals surface area contributed by atoms with E-state index in [-0.39, 0.29) is 17.9 Å². The number of likely N-dealkylation sites (N-methyl/N-ethyl adjacent to an activating group) is 1. The molecule has 1 saturated heterocycles. The number of aryl methyl sites for hydroxylation is 2. The molecule has 0 bridgehead atoms. The third-order valence-electron chi connectivity index (χ3n) is 4.43. The van der Waals surface area contributed by atoms with Crippen LogP contribution in [0.25, 0.3) is 0 Å². The van der Waals surface area contributed by atoms with E-state index in [4.69, 9.17) is 4.74 Å². The van der Waals surface area contributed by atoms with Gasteiger partial charge in [-0.05, 0) is 37.1 Å². The van der Waals surface area contributed by atoms with Crippen LogP contribution in [0.2, 0.25) is 0 Å². The molecule has 0 radical (unpaired) electrons. The normalized spacial score (nSPS) is 20.8. The quantitative estimate of drug-likeness (QED) is 0.720. The maximum Gasteiger partial charge on any atom is 0.325 e. The van der Waals surface area contributed by atoms with Crippen LogP contribution in [0.15, 0.2) is 23.1 Å². The lowest BCUT2D eigenvalue weighted by atomic mass is 10.1. The Bertz CT molecular complexity index is 805. The summed E-state index contributed by atoms with van der Waals surface area (Å²) in [6.07, 6.45) is -1.04. The summed E-state index contributed by atoms with van der Waals surface area (Å²) in [5, 5.41) is 9.90. The predicted molar refractivity (Wildman–Crippen MR) is 93.9 cm³/mol. The Kier molecular flexibility index (Phi) is 6.05.